The molecule has 1 fully saturated rings. The summed E-state index contributed by atoms with van der Waals surface area (Å²) in [6.45, 7) is 6.48. The molecule has 17 heavy (non-hydrogen) atoms. The molecule has 1 aromatic rings. The molecule has 1 aliphatic heterocycles. The second-order valence-corrected chi connectivity index (χ2v) is 4.62. The Kier molecular flexibility index (Phi) is 3.78. The van der Waals surface area contributed by atoms with Crippen LogP contribution in [0.2, 0.25) is 0 Å². The van der Waals surface area contributed by atoms with Crippen molar-refractivity contribution in [1.29, 1.82) is 5.26 Å². The van der Waals surface area contributed by atoms with Gasteiger partial charge in [0.15, 0.2) is 0 Å². The Morgan fingerprint density at radius 1 is 1.53 bits per heavy atom. The third kappa shape index (κ3) is 2.85. The SMILES string of the molecule is Cc1cccc(C(C#N)N2CCOC(C)C2)c1. The molecule has 1 aromatic carbocycles. The fraction of sp³-hybridized carbons (Fsp3) is 0.500. The Labute approximate surface area is 103 Å². The lowest BCUT2D eigenvalue weighted by Crippen LogP contribution is -2.42. The van der Waals surface area contributed by atoms with Gasteiger partial charge in [-0.1, -0.05) is 29.8 Å². The van der Waals surface area contributed by atoms with Crippen LogP contribution in [0.5, 0.6) is 0 Å². The first-order chi connectivity index (χ1) is 8.20. The lowest BCUT2D eigenvalue weighted by Gasteiger charge is -2.34. The Morgan fingerprint density at radius 2 is 2.35 bits per heavy atom. The highest BCUT2D eigenvalue weighted by atomic mass is 16.5. The minimum absolute atomic E-state index is 0.152. The summed E-state index contributed by atoms with van der Waals surface area (Å²) in [5.74, 6) is 0. The van der Waals surface area contributed by atoms with Crippen molar-refractivity contribution in [2.75, 3.05) is 19.7 Å². The van der Waals surface area contributed by atoms with Crippen LogP contribution in [0.3, 0.4) is 0 Å². The first-order valence-electron chi connectivity index (χ1n) is 6.02. The molecule has 90 valence electrons. The molecule has 0 bridgehead atoms. The highest BCUT2D eigenvalue weighted by molar-refractivity contribution is 5.28. The molecule has 0 aromatic heterocycles. The van der Waals surface area contributed by atoms with Gasteiger partial charge in [0, 0.05) is 13.1 Å². The van der Waals surface area contributed by atoms with E-state index >= 15 is 0 Å². The predicted octanol–water partition coefficient (Wildman–Crippen LogP) is 2.28. The molecule has 0 aliphatic carbocycles. The lowest BCUT2D eigenvalue weighted by atomic mass is 10.0. The predicted molar refractivity (Wildman–Crippen MR) is 66.5 cm³/mol. The molecule has 0 radical (unpaired) electrons. The lowest BCUT2D eigenvalue weighted by molar-refractivity contribution is -0.0269. The number of aryl methyl sites for hydroxylation is 1. The molecule has 2 unspecified atom stereocenters. The average molecular weight is 230 g/mol. The number of nitriles is 1. The zero-order chi connectivity index (χ0) is 12.3. The number of morpholine rings is 1. The van der Waals surface area contributed by atoms with E-state index in [0.717, 1.165) is 18.7 Å². The van der Waals surface area contributed by atoms with E-state index in [2.05, 4.69) is 36.9 Å². The molecule has 2 atom stereocenters. The van der Waals surface area contributed by atoms with Crippen LogP contribution in [-0.2, 0) is 4.74 Å². The van der Waals surface area contributed by atoms with Crippen molar-refractivity contribution in [3.05, 3.63) is 35.4 Å². The van der Waals surface area contributed by atoms with Gasteiger partial charge in [-0.25, -0.2) is 0 Å². The minimum Gasteiger partial charge on any atom is -0.376 e. The summed E-state index contributed by atoms with van der Waals surface area (Å²) in [6, 6.07) is 10.4. The van der Waals surface area contributed by atoms with Gasteiger partial charge in [0.2, 0.25) is 0 Å². The van der Waals surface area contributed by atoms with E-state index in [0.29, 0.717) is 6.61 Å². The van der Waals surface area contributed by atoms with Crippen molar-refractivity contribution in [3.8, 4) is 6.07 Å². The highest BCUT2D eigenvalue weighted by Crippen LogP contribution is 2.23. The Balaban J connectivity index is 2.19. The number of hydrogen-bond acceptors (Lipinski definition) is 3. The van der Waals surface area contributed by atoms with Gasteiger partial charge in [-0.05, 0) is 19.4 Å². The highest BCUT2D eigenvalue weighted by Gasteiger charge is 2.25. The quantitative estimate of drug-likeness (QED) is 0.782. The van der Waals surface area contributed by atoms with Crippen LogP contribution in [-0.4, -0.2) is 30.7 Å². The number of ether oxygens (including phenoxy) is 1. The molecule has 0 amide bonds. The first kappa shape index (κ1) is 12.1. The number of hydrogen-bond donors (Lipinski definition) is 0. The average Bonchev–Trinajstić information content (AvgIpc) is 2.30. The largest absolute Gasteiger partial charge is 0.376 e. The van der Waals surface area contributed by atoms with E-state index in [9.17, 15) is 5.26 Å². The van der Waals surface area contributed by atoms with E-state index in [1.165, 1.54) is 5.56 Å². The summed E-state index contributed by atoms with van der Waals surface area (Å²) in [7, 11) is 0. The maximum atomic E-state index is 9.38. The van der Waals surface area contributed by atoms with E-state index in [1.807, 2.05) is 12.1 Å². The van der Waals surface area contributed by atoms with Crippen LogP contribution < -0.4 is 0 Å². The van der Waals surface area contributed by atoms with Crippen molar-refractivity contribution < 1.29 is 4.74 Å². The molecular weight excluding hydrogens is 212 g/mol. The summed E-state index contributed by atoms with van der Waals surface area (Å²) in [6.07, 6.45) is 0.212. The maximum absolute atomic E-state index is 9.38. The number of rotatable bonds is 2. The second-order valence-electron chi connectivity index (χ2n) is 4.62. The zero-order valence-electron chi connectivity index (χ0n) is 10.4. The molecule has 0 N–H and O–H groups in total. The molecular formula is C14H18N2O. The van der Waals surface area contributed by atoms with Crippen molar-refractivity contribution in [3.63, 3.8) is 0 Å². The maximum Gasteiger partial charge on any atom is 0.124 e. The Hall–Kier alpha value is -1.37. The fourth-order valence-corrected chi connectivity index (χ4v) is 2.29. The van der Waals surface area contributed by atoms with E-state index in [1.54, 1.807) is 0 Å². The molecule has 3 nitrogen and oxygen atoms in total. The molecule has 0 saturated carbocycles. The van der Waals surface area contributed by atoms with Gasteiger partial charge in [0.1, 0.15) is 6.04 Å². The summed E-state index contributed by atoms with van der Waals surface area (Å²) < 4.78 is 5.51. The van der Waals surface area contributed by atoms with E-state index in [-0.39, 0.29) is 12.1 Å². The van der Waals surface area contributed by atoms with Gasteiger partial charge in [0.25, 0.3) is 0 Å². The zero-order valence-corrected chi connectivity index (χ0v) is 10.4. The third-order valence-corrected chi connectivity index (χ3v) is 3.12. The van der Waals surface area contributed by atoms with Crippen molar-refractivity contribution in [1.82, 2.24) is 4.90 Å². The number of nitrogens with zero attached hydrogens (tertiary/aromatic N) is 2. The van der Waals surface area contributed by atoms with Crippen LogP contribution in [0.15, 0.2) is 24.3 Å². The third-order valence-electron chi connectivity index (χ3n) is 3.12. The first-order valence-corrected chi connectivity index (χ1v) is 6.02. The smallest absolute Gasteiger partial charge is 0.124 e. The van der Waals surface area contributed by atoms with E-state index in [4.69, 9.17) is 4.74 Å². The van der Waals surface area contributed by atoms with Gasteiger partial charge >= 0.3 is 0 Å². The normalized spacial score (nSPS) is 23.0. The topological polar surface area (TPSA) is 36.3 Å². The second kappa shape index (κ2) is 5.31. The van der Waals surface area contributed by atoms with Crippen LogP contribution in [0, 0.1) is 18.3 Å². The van der Waals surface area contributed by atoms with Crippen molar-refractivity contribution >= 4 is 0 Å². The van der Waals surface area contributed by atoms with Crippen molar-refractivity contribution in [2.45, 2.75) is 26.0 Å². The van der Waals surface area contributed by atoms with E-state index < -0.39 is 0 Å². The molecule has 1 saturated heterocycles. The monoisotopic (exact) mass is 230 g/mol. The molecule has 1 heterocycles. The Morgan fingerprint density at radius 3 is 3.00 bits per heavy atom. The fourth-order valence-electron chi connectivity index (χ4n) is 2.29. The van der Waals surface area contributed by atoms with Gasteiger partial charge in [-0.15, -0.1) is 0 Å². The standard InChI is InChI=1S/C14H18N2O/c1-11-4-3-5-13(8-11)14(9-15)16-6-7-17-12(2)10-16/h3-5,8,12,14H,6-7,10H2,1-2H3. The van der Waals surface area contributed by atoms with Gasteiger partial charge < -0.3 is 4.74 Å². The summed E-state index contributed by atoms with van der Waals surface area (Å²) in [5.41, 5.74) is 2.28. The summed E-state index contributed by atoms with van der Waals surface area (Å²) in [5, 5.41) is 9.38. The van der Waals surface area contributed by atoms with Crippen LogP contribution >= 0.6 is 0 Å². The van der Waals surface area contributed by atoms with Crippen LogP contribution in [0.4, 0.5) is 0 Å². The van der Waals surface area contributed by atoms with Gasteiger partial charge in [0.05, 0.1) is 18.8 Å². The van der Waals surface area contributed by atoms with Crippen molar-refractivity contribution in [2.24, 2.45) is 0 Å². The number of benzene rings is 1. The Bertz CT molecular complexity index is 424. The molecule has 1 aliphatic rings. The molecule has 2 rings (SSSR count). The van der Waals surface area contributed by atoms with Gasteiger partial charge in [-0.2, -0.15) is 5.26 Å². The summed E-state index contributed by atoms with van der Waals surface area (Å²) in [4.78, 5) is 2.20. The molecule has 0 spiro atoms. The van der Waals surface area contributed by atoms with Crippen LogP contribution in [0.25, 0.3) is 0 Å². The van der Waals surface area contributed by atoms with Gasteiger partial charge in [-0.3, -0.25) is 4.90 Å². The summed E-state index contributed by atoms with van der Waals surface area (Å²) >= 11 is 0. The van der Waals surface area contributed by atoms with Crippen LogP contribution in [0.1, 0.15) is 24.1 Å². The molecule has 3 heteroatoms. The minimum atomic E-state index is -0.152.